The van der Waals surface area contributed by atoms with E-state index in [0.29, 0.717) is 12.0 Å². The summed E-state index contributed by atoms with van der Waals surface area (Å²) >= 11 is 1.37. The van der Waals surface area contributed by atoms with E-state index in [0.717, 1.165) is 0 Å². The molecule has 1 aromatic heterocycles. The Balaban J connectivity index is 2.40. The lowest BCUT2D eigenvalue weighted by molar-refractivity contribution is -0.0554. The number of hydrogen-bond donors (Lipinski definition) is 2. The molecule has 0 radical (unpaired) electrons. The van der Waals surface area contributed by atoms with Gasteiger partial charge in [0.05, 0.1) is 18.1 Å². The lowest BCUT2D eigenvalue weighted by atomic mass is 10.1. The monoisotopic (exact) mass is 402 g/mol. The lowest BCUT2D eigenvalue weighted by Gasteiger charge is -2.42. The van der Waals surface area contributed by atoms with Gasteiger partial charge < -0.3 is 14.3 Å². The van der Waals surface area contributed by atoms with Crippen molar-refractivity contribution in [1.29, 1.82) is 0 Å². The van der Waals surface area contributed by atoms with E-state index in [9.17, 15) is 14.7 Å². The quantitative estimate of drug-likeness (QED) is 0.734. The van der Waals surface area contributed by atoms with Crippen LogP contribution in [0.1, 0.15) is 38.1 Å². The van der Waals surface area contributed by atoms with Gasteiger partial charge in [-0.05, 0) is 25.1 Å². The van der Waals surface area contributed by atoms with Crippen LogP contribution in [-0.2, 0) is 9.16 Å². The second-order valence-electron chi connectivity index (χ2n) is 8.33. The third kappa shape index (κ3) is 3.86. The third-order valence-corrected chi connectivity index (χ3v) is 11.6. The van der Waals surface area contributed by atoms with Gasteiger partial charge in [-0.2, -0.15) is 0 Å². The van der Waals surface area contributed by atoms with Crippen LogP contribution in [0.3, 0.4) is 0 Å². The van der Waals surface area contributed by atoms with Crippen molar-refractivity contribution in [2.24, 2.45) is 0 Å². The molecular weight excluding hydrogens is 372 g/mol. The molecule has 1 aliphatic rings. The Hall–Kier alpha value is -0.873. The Morgan fingerprint density at radius 3 is 2.54 bits per heavy atom. The molecule has 0 spiro atoms. The maximum Gasteiger partial charge on any atom is 0.329 e. The predicted molar refractivity (Wildman–Crippen MR) is 106 cm³/mol. The van der Waals surface area contributed by atoms with Crippen LogP contribution in [0, 0.1) is 6.92 Å². The van der Waals surface area contributed by atoms with Crippen LogP contribution in [0.25, 0.3) is 0 Å². The van der Waals surface area contributed by atoms with Crippen LogP contribution in [0.15, 0.2) is 15.8 Å². The fourth-order valence-corrected chi connectivity index (χ4v) is 5.65. The molecule has 1 aliphatic heterocycles. The number of aliphatic hydroxyl groups excluding tert-OH is 1. The van der Waals surface area contributed by atoms with Gasteiger partial charge in [-0.1, -0.05) is 32.5 Å². The van der Waals surface area contributed by atoms with Gasteiger partial charge in [0.1, 0.15) is 0 Å². The molecule has 2 rings (SSSR count). The van der Waals surface area contributed by atoms with Crippen molar-refractivity contribution in [2.75, 3.05) is 13.7 Å². The van der Waals surface area contributed by atoms with Gasteiger partial charge >= 0.3 is 5.69 Å². The molecule has 3 atom stereocenters. The highest BCUT2D eigenvalue weighted by atomic mass is 32.2. The van der Waals surface area contributed by atoms with E-state index in [1.165, 1.54) is 16.3 Å². The summed E-state index contributed by atoms with van der Waals surface area (Å²) in [5.74, 6) is 0. The number of rotatable bonds is 5. The Kier molecular flexibility index (Phi) is 5.99. The molecule has 1 aromatic rings. The van der Waals surface area contributed by atoms with Gasteiger partial charge in [-0.3, -0.25) is 14.3 Å². The molecule has 1 fully saturated rings. The Morgan fingerprint density at radius 2 is 2.04 bits per heavy atom. The number of ether oxygens (including phenoxy) is 1. The number of nitrogens with one attached hydrogen (secondary N) is 1. The first-order valence-corrected chi connectivity index (χ1v) is 12.5. The summed E-state index contributed by atoms with van der Waals surface area (Å²) < 4.78 is 13.7. The number of hydrogen-bond acceptors (Lipinski definition) is 6. The summed E-state index contributed by atoms with van der Waals surface area (Å²) in [5.41, 5.74) is -0.386. The second kappa shape index (κ2) is 7.27. The SMILES string of the molecule is CO[C@]1(CO)S[C@@H](n2cc(C)c(=O)[nH]c2=O)C[C@@H]1O[Si](C)(C)C(C)(C)C. The van der Waals surface area contributed by atoms with Crippen LogP contribution in [-0.4, -0.2) is 47.7 Å². The summed E-state index contributed by atoms with van der Waals surface area (Å²) in [6, 6.07) is 0. The summed E-state index contributed by atoms with van der Waals surface area (Å²) in [4.78, 5) is 25.3. The molecule has 0 saturated carbocycles. The summed E-state index contributed by atoms with van der Waals surface area (Å²) in [6.07, 6.45) is 1.72. The maximum absolute atomic E-state index is 12.3. The second-order valence-corrected chi connectivity index (χ2v) is 14.6. The van der Waals surface area contributed by atoms with Crippen molar-refractivity contribution >= 4 is 20.1 Å². The number of nitrogens with zero attached hydrogens (tertiary/aromatic N) is 1. The maximum atomic E-state index is 12.3. The molecule has 0 unspecified atom stereocenters. The highest BCUT2D eigenvalue weighted by Gasteiger charge is 2.53. The molecule has 0 bridgehead atoms. The highest BCUT2D eigenvalue weighted by molar-refractivity contribution is 8.00. The molecular formula is C17H30N2O5SSi. The number of thioether (sulfide) groups is 1. The number of aliphatic hydroxyl groups is 1. The van der Waals surface area contributed by atoms with Crippen LogP contribution < -0.4 is 11.2 Å². The van der Waals surface area contributed by atoms with Crippen LogP contribution in [0.5, 0.6) is 0 Å². The van der Waals surface area contributed by atoms with Crippen molar-refractivity contribution in [1.82, 2.24) is 9.55 Å². The summed E-state index contributed by atoms with van der Waals surface area (Å²) in [6.45, 7) is 12.2. The van der Waals surface area contributed by atoms with E-state index in [1.807, 2.05) is 0 Å². The average molecular weight is 403 g/mol. The highest BCUT2D eigenvalue weighted by Crippen LogP contribution is 2.52. The fourth-order valence-electron chi connectivity index (χ4n) is 2.74. The normalized spacial score (nSPS) is 27.1. The van der Waals surface area contributed by atoms with E-state index in [2.05, 4.69) is 38.8 Å². The number of aromatic nitrogens is 2. The van der Waals surface area contributed by atoms with Crippen LogP contribution in [0.4, 0.5) is 0 Å². The average Bonchev–Trinajstić information content (AvgIpc) is 2.88. The zero-order valence-electron chi connectivity index (χ0n) is 16.6. The Labute approximate surface area is 159 Å². The summed E-state index contributed by atoms with van der Waals surface area (Å²) in [5, 5.41) is 9.78. The van der Waals surface area contributed by atoms with Crippen molar-refractivity contribution in [3.05, 3.63) is 32.6 Å². The molecule has 2 heterocycles. The number of aromatic amines is 1. The first kappa shape index (κ1) is 21.4. The minimum atomic E-state index is -2.10. The molecule has 7 nitrogen and oxygen atoms in total. The van der Waals surface area contributed by atoms with E-state index >= 15 is 0 Å². The zero-order chi connectivity index (χ0) is 19.9. The Morgan fingerprint density at radius 1 is 1.42 bits per heavy atom. The molecule has 148 valence electrons. The molecule has 9 heteroatoms. The van der Waals surface area contributed by atoms with Crippen LogP contribution >= 0.6 is 11.8 Å². The van der Waals surface area contributed by atoms with Crippen molar-refractivity contribution in [3.8, 4) is 0 Å². The molecule has 26 heavy (non-hydrogen) atoms. The summed E-state index contributed by atoms with van der Waals surface area (Å²) in [7, 11) is -0.555. The van der Waals surface area contributed by atoms with Crippen molar-refractivity contribution < 1.29 is 14.3 Å². The van der Waals surface area contributed by atoms with Crippen molar-refractivity contribution in [3.63, 3.8) is 0 Å². The molecule has 0 aromatic carbocycles. The van der Waals surface area contributed by atoms with E-state index < -0.39 is 18.9 Å². The van der Waals surface area contributed by atoms with Gasteiger partial charge in [0.25, 0.3) is 5.56 Å². The van der Waals surface area contributed by atoms with E-state index in [1.54, 1.807) is 20.2 Å². The molecule has 2 N–H and O–H groups in total. The number of methoxy groups -OCH3 is 1. The van der Waals surface area contributed by atoms with Gasteiger partial charge in [0, 0.05) is 25.3 Å². The minimum Gasteiger partial charge on any atom is -0.410 e. The smallest absolute Gasteiger partial charge is 0.329 e. The van der Waals surface area contributed by atoms with Crippen LogP contribution in [0.2, 0.25) is 18.1 Å². The lowest BCUT2D eigenvalue weighted by Crippen LogP contribution is -2.51. The first-order valence-electron chi connectivity index (χ1n) is 8.70. The fraction of sp³-hybridized carbons (Fsp3) is 0.765. The number of aryl methyl sites for hydroxylation is 1. The van der Waals surface area contributed by atoms with E-state index in [4.69, 9.17) is 9.16 Å². The first-order chi connectivity index (χ1) is 11.9. The van der Waals surface area contributed by atoms with Gasteiger partial charge in [0.15, 0.2) is 13.3 Å². The molecule has 0 amide bonds. The van der Waals surface area contributed by atoms with Crippen molar-refractivity contribution in [2.45, 2.75) is 68.7 Å². The Bertz CT molecular complexity index is 764. The van der Waals surface area contributed by atoms with Gasteiger partial charge in [0.2, 0.25) is 0 Å². The molecule has 1 saturated heterocycles. The molecule has 0 aliphatic carbocycles. The van der Waals surface area contributed by atoms with E-state index in [-0.39, 0.29) is 28.7 Å². The topological polar surface area (TPSA) is 93.5 Å². The zero-order valence-corrected chi connectivity index (χ0v) is 18.4. The standard InChI is InChI=1S/C17H30N2O5SSi/c1-11-9-19(15(22)18-14(11)21)13-8-12(17(10-20,23-5)25-13)24-26(6,7)16(2,3)4/h9,12-13,20H,8,10H2,1-7H3,(H,18,21,22)/t12-,13+,17+/m0/s1. The number of H-pyrrole nitrogens is 1. The largest absolute Gasteiger partial charge is 0.410 e. The predicted octanol–water partition coefficient (Wildman–Crippen LogP) is 2.21. The van der Waals surface area contributed by atoms with Gasteiger partial charge in [-0.25, -0.2) is 4.79 Å². The van der Waals surface area contributed by atoms with Gasteiger partial charge in [-0.15, -0.1) is 0 Å². The third-order valence-electron chi connectivity index (χ3n) is 5.51. The minimum absolute atomic E-state index is 0.0100.